The van der Waals surface area contributed by atoms with E-state index in [-0.39, 0.29) is 28.5 Å². The second-order valence-corrected chi connectivity index (χ2v) is 11.2. The summed E-state index contributed by atoms with van der Waals surface area (Å²) in [5.74, 6) is -0.458. The van der Waals surface area contributed by atoms with Crippen molar-refractivity contribution in [3.63, 3.8) is 0 Å². The molecule has 5 nitrogen and oxygen atoms in total. The van der Waals surface area contributed by atoms with E-state index < -0.39 is 11.7 Å². The number of anilines is 1. The van der Waals surface area contributed by atoms with Crippen molar-refractivity contribution >= 4 is 29.3 Å². The fourth-order valence-corrected chi connectivity index (χ4v) is 6.48. The van der Waals surface area contributed by atoms with Crippen molar-refractivity contribution in [1.29, 1.82) is 0 Å². The zero-order chi connectivity index (χ0) is 26.0. The Labute approximate surface area is 219 Å². The second kappa shape index (κ2) is 11.0. The molecule has 198 valence electrons. The summed E-state index contributed by atoms with van der Waals surface area (Å²) in [6, 6.07) is 12.2. The van der Waals surface area contributed by atoms with Gasteiger partial charge in [0.1, 0.15) is 0 Å². The summed E-state index contributed by atoms with van der Waals surface area (Å²) in [5.41, 5.74) is 0.898. The third-order valence-electron chi connectivity index (χ3n) is 7.47. The van der Waals surface area contributed by atoms with E-state index in [1.165, 1.54) is 6.07 Å². The Bertz CT molecular complexity index is 1150. The molecular weight excluding hydrogens is 499 g/mol. The number of benzene rings is 2. The highest BCUT2D eigenvalue weighted by molar-refractivity contribution is 7.99. The molecule has 0 aromatic heterocycles. The van der Waals surface area contributed by atoms with Crippen LogP contribution in [0.4, 0.5) is 18.9 Å². The average Bonchev–Trinajstić information content (AvgIpc) is 3.27. The van der Waals surface area contributed by atoms with Crippen LogP contribution in [-0.2, 0) is 15.8 Å². The molecule has 2 saturated heterocycles. The molecule has 0 radical (unpaired) electrons. The van der Waals surface area contributed by atoms with Crippen LogP contribution in [-0.4, -0.2) is 49.4 Å². The molecule has 2 aromatic rings. The van der Waals surface area contributed by atoms with Crippen LogP contribution in [0.3, 0.4) is 0 Å². The molecule has 2 heterocycles. The molecule has 2 unspecified atom stereocenters. The fraction of sp³-hybridized carbons (Fsp3) is 0.500. The normalized spacial score (nSPS) is 21.5. The van der Waals surface area contributed by atoms with Gasteiger partial charge in [-0.05, 0) is 67.9 Å². The molecule has 2 aliphatic heterocycles. The summed E-state index contributed by atoms with van der Waals surface area (Å²) in [6.07, 6.45) is 0.414. The lowest BCUT2D eigenvalue weighted by molar-refractivity contribution is -0.139. The number of hydrogen-bond donors (Lipinski definition) is 1. The van der Waals surface area contributed by atoms with E-state index in [9.17, 15) is 22.8 Å². The fourth-order valence-electron chi connectivity index (χ4n) is 5.38. The Kier molecular flexibility index (Phi) is 7.70. The number of likely N-dealkylation sites (tertiary alicyclic amines) is 1. The van der Waals surface area contributed by atoms with Crippen LogP contribution in [0, 0.1) is 5.92 Å². The first-order valence-corrected chi connectivity index (χ1v) is 13.9. The summed E-state index contributed by atoms with van der Waals surface area (Å²) in [6.45, 7) is 3.71. The molecule has 1 N–H and O–H groups in total. The van der Waals surface area contributed by atoms with Crippen molar-refractivity contribution in [1.82, 2.24) is 10.2 Å². The van der Waals surface area contributed by atoms with Gasteiger partial charge in [0.25, 0.3) is 0 Å². The van der Waals surface area contributed by atoms with Gasteiger partial charge in [-0.1, -0.05) is 30.0 Å². The molecule has 3 aliphatic rings. The number of alkyl halides is 3. The summed E-state index contributed by atoms with van der Waals surface area (Å²) in [7, 11) is 0. The van der Waals surface area contributed by atoms with Crippen molar-refractivity contribution in [3.8, 4) is 0 Å². The van der Waals surface area contributed by atoms with E-state index in [2.05, 4.69) is 10.2 Å². The minimum atomic E-state index is -4.49. The lowest BCUT2D eigenvalue weighted by Crippen LogP contribution is -2.31. The van der Waals surface area contributed by atoms with E-state index in [0.29, 0.717) is 37.9 Å². The van der Waals surface area contributed by atoms with Crippen molar-refractivity contribution in [2.75, 3.05) is 37.6 Å². The molecular formula is C28H32F3N3O2S. The van der Waals surface area contributed by atoms with Crippen LogP contribution < -0.4 is 10.2 Å². The maximum Gasteiger partial charge on any atom is 0.417 e. The molecule has 5 rings (SSSR count). The Balaban J connectivity index is 1.23. The Morgan fingerprint density at radius 2 is 1.81 bits per heavy atom. The van der Waals surface area contributed by atoms with Gasteiger partial charge < -0.3 is 15.1 Å². The number of nitrogens with zero attached hydrogens (tertiary/aromatic N) is 2. The molecule has 0 spiro atoms. The number of nitrogens with one attached hydrogen (secondary N) is 1. The van der Waals surface area contributed by atoms with Crippen LogP contribution in [0.1, 0.15) is 55.6 Å². The first-order chi connectivity index (χ1) is 17.8. The molecule has 1 saturated carbocycles. The van der Waals surface area contributed by atoms with Gasteiger partial charge in [-0.15, -0.1) is 0 Å². The number of rotatable bonds is 9. The predicted octanol–water partition coefficient (Wildman–Crippen LogP) is 5.69. The molecule has 1 aliphatic carbocycles. The first-order valence-electron chi connectivity index (χ1n) is 13.1. The number of para-hydroxylation sites is 1. The van der Waals surface area contributed by atoms with E-state index in [1.54, 1.807) is 12.1 Å². The Hall–Kier alpha value is -2.68. The molecule has 3 fully saturated rings. The van der Waals surface area contributed by atoms with Gasteiger partial charge in [0, 0.05) is 54.9 Å². The standard InChI is InChI=1S/C28H32F3N3O2S/c29-28(30,31)22-17-19(20-18-21(20)27(36)32-12-6-16-34-15-5-9-26(34)35)10-11-24(22)37-25-8-2-1-7-23(25)33-13-3-4-14-33/h1-2,7-8,10-11,17,20-21H,3-6,9,12-16,18H2,(H,32,36). The topological polar surface area (TPSA) is 52.7 Å². The van der Waals surface area contributed by atoms with Crippen LogP contribution in [0.2, 0.25) is 0 Å². The molecule has 2 amide bonds. The third kappa shape index (κ3) is 6.08. The zero-order valence-corrected chi connectivity index (χ0v) is 21.5. The van der Waals surface area contributed by atoms with Crippen LogP contribution >= 0.6 is 11.8 Å². The number of hydrogen-bond acceptors (Lipinski definition) is 4. The van der Waals surface area contributed by atoms with Crippen LogP contribution in [0.25, 0.3) is 0 Å². The summed E-state index contributed by atoms with van der Waals surface area (Å²) >= 11 is 1.16. The highest BCUT2D eigenvalue weighted by atomic mass is 32.2. The van der Waals surface area contributed by atoms with Gasteiger partial charge >= 0.3 is 6.18 Å². The minimum absolute atomic E-state index is 0.121. The van der Waals surface area contributed by atoms with Crippen molar-refractivity contribution in [2.45, 2.75) is 60.4 Å². The van der Waals surface area contributed by atoms with Gasteiger partial charge in [0.05, 0.1) is 11.3 Å². The van der Waals surface area contributed by atoms with Gasteiger partial charge in [-0.25, -0.2) is 0 Å². The lowest BCUT2D eigenvalue weighted by atomic mass is 10.0. The van der Waals surface area contributed by atoms with Gasteiger partial charge in [0.15, 0.2) is 0 Å². The molecule has 2 aromatic carbocycles. The number of halogens is 3. The monoisotopic (exact) mass is 531 g/mol. The van der Waals surface area contributed by atoms with Gasteiger partial charge in [0.2, 0.25) is 11.8 Å². The molecule has 9 heteroatoms. The van der Waals surface area contributed by atoms with Gasteiger partial charge in [-0.2, -0.15) is 13.2 Å². The second-order valence-electron chi connectivity index (χ2n) is 10.1. The lowest BCUT2D eigenvalue weighted by Gasteiger charge is -2.22. The maximum absolute atomic E-state index is 14.1. The summed E-state index contributed by atoms with van der Waals surface area (Å²) < 4.78 is 42.3. The SMILES string of the molecule is O=C(NCCCN1CCCC1=O)C1CC1c1ccc(Sc2ccccc2N2CCCC2)c(C(F)(F)F)c1. The Morgan fingerprint density at radius 1 is 1.03 bits per heavy atom. The van der Waals surface area contributed by atoms with Crippen LogP contribution in [0.15, 0.2) is 52.3 Å². The largest absolute Gasteiger partial charge is 0.417 e. The molecule has 2 atom stereocenters. The highest BCUT2D eigenvalue weighted by Gasteiger charge is 2.45. The molecule has 37 heavy (non-hydrogen) atoms. The quantitative estimate of drug-likeness (QED) is 0.423. The summed E-state index contributed by atoms with van der Waals surface area (Å²) in [4.78, 5) is 29.3. The van der Waals surface area contributed by atoms with E-state index >= 15 is 0 Å². The maximum atomic E-state index is 14.1. The van der Waals surface area contributed by atoms with E-state index in [1.807, 2.05) is 29.2 Å². The smallest absolute Gasteiger partial charge is 0.371 e. The summed E-state index contributed by atoms with van der Waals surface area (Å²) in [5, 5.41) is 2.90. The van der Waals surface area contributed by atoms with Crippen molar-refractivity contribution < 1.29 is 22.8 Å². The number of carbonyl (C=O) groups is 2. The Morgan fingerprint density at radius 3 is 2.54 bits per heavy atom. The minimum Gasteiger partial charge on any atom is -0.371 e. The third-order valence-corrected chi connectivity index (χ3v) is 8.61. The van der Waals surface area contributed by atoms with E-state index in [4.69, 9.17) is 0 Å². The van der Waals surface area contributed by atoms with E-state index in [0.717, 1.165) is 61.2 Å². The van der Waals surface area contributed by atoms with Crippen molar-refractivity contribution in [3.05, 3.63) is 53.6 Å². The number of carbonyl (C=O) groups excluding carboxylic acids is 2. The van der Waals surface area contributed by atoms with Crippen LogP contribution in [0.5, 0.6) is 0 Å². The van der Waals surface area contributed by atoms with Gasteiger partial charge in [-0.3, -0.25) is 9.59 Å². The average molecular weight is 532 g/mol. The first kappa shape index (κ1) is 25.9. The zero-order valence-electron chi connectivity index (χ0n) is 20.7. The highest BCUT2D eigenvalue weighted by Crippen LogP contribution is 2.50. The molecule has 0 bridgehead atoms. The number of amides is 2. The van der Waals surface area contributed by atoms with Crippen molar-refractivity contribution in [2.24, 2.45) is 5.92 Å². The predicted molar refractivity (Wildman–Crippen MR) is 138 cm³/mol.